The fourth-order valence-corrected chi connectivity index (χ4v) is 2.33. The van der Waals surface area contributed by atoms with E-state index in [9.17, 15) is 4.39 Å². The molecule has 1 aromatic carbocycles. The Hall–Kier alpha value is -1.35. The number of benzene rings is 1. The molecule has 2 rings (SSSR count). The first-order valence-corrected chi connectivity index (χ1v) is 7.37. The maximum absolute atomic E-state index is 13.6. The van der Waals surface area contributed by atoms with E-state index < -0.39 is 0 Å². The van der Waals surface area contributed by atoms with Crippen molar-refractivity contribution in [2.45, 2.75) is 33.6 Å². The second kappa shape index (κ2) is 6.40. The third-order valence-corrected chi connectivity index (χ3v) is 3.84. The summed E-state index contributed by atoms with van der Waals surface area (Å²) in [6, 6.07) is 7.00. The van der Waals surface area contributed by atoms with E-state index in [-0.39, 0.29) is 11.7 Å². The molecule has 2 unspecified atom stereocenters. The number of fused-ring (bicyclic) bond motifs is 1. The van der Waals surface area contributed by atoms with Crippen molar-refractivity contribution in [3.8, 4) is 0 Å². The molecule has 2 nitrogen and oxygen atoms in total. The highest BCUT2D eigenvalue weighted by molar-refractivity contribution is 5.78. The van der Waals surface area contributed by atoms with Gasteiger partial charge in [0.1, 0.15) is 5.76 Å². The molecule has 0 radical (unpaired) electrons. The van der Waals surface area contributed by atoms with E-state index in [1.54, 1.807) is 6.07 Å². The molecule has 0 bridgehead atoms. The summed E-state index contributed by atoms with van der Waals surface area (Å²) in [4.78, 5) is 0. The summed E-state index contributed by atoms with van der Waals surface area (Å²) in [5.41, 5.74) is 0.372. The van der Waals surface area contributed by atoms with Crippen LogP contribution in [0.15, 0.2) is 28.7 Å². The predicted octanol–water partition coefficient (Wildman–Crippen LogP) is 4.56. The molecule has 20 heavy (non-hydrogen) atoms. The number of rotatable bonds is 6. The largest absolute Gasteiger partial charge is 0.458 e. The molecule has 0 spiro atoms. The normalized spacial score (nSPS) is 14.9. The van der Waals surface area contributed by atoms with Crippen LogP contribution in [-0.2, 0) is 0 Å². The molecule has 1 aromatic heterocycles. The zero-order valence-electron chi connectivity index (χ0n) is 12.7. The summed E-state index contributed by atoms with van der Waals surface area (Å²) in [6.07, 6.45) is 0. The van der Waals surface area contributed by atoms with Crippen molar-refractivity contribution in [3.05, 3.63) is 35.8 Å². The smallest absolute Gasteiger partial charge is 0.169 e. The van der Waals surface area contributed by atoms with E-state index in [1.807, 2.05) is 12.1 Å². The van der Waals surface area contributed by atoms with Crippen molar-refractivity contribution in [3.63, 3.8) is 0 Å². The van der Waals surface area contributed by atoms with Crippen LogP contribution in [0.5, 0.6) is 0 Å². The number of nitrogens with one attached hydrogen (secondary N) is 1. The van der Waals surface area contributed by atoms with Crippen LogP contribution in [0.1, 0.15) is 39.4 Å². The van der Waals surface area contributed by atoms with Gasteiger partial charge in [0.05, 0.1) is 0 Å². The first-order valence-electron chi connectivity index (χ1n) is 7.37. The van der Waals surface area contributed by atoms with Crippen LogP contribution >= 0.6 is 0 Å². The van der Waals surface area contributed by atoms with Crippen LogP contribution < -0.4 is 5.32 Å². The van der Waals surface area contributed by atoms with Gasteiger partial charge in [-0.3, -0.25) is 0 Å². The molecule has 3 heteroatoms. The molecule has 0 aliphatic rings. The van der Waals surface area contributed by atoms with Crippen molar-refractivity contribution in [2.24, 2.45) is 11.8 Å². The van der Waals surface area contributed by atoms with Crippen LogP contribution in [0.25, 0.3) is 11.0 Å². The third kappa shape index (κ3) is 3.40. The Bertz CT molecular complexity index is 561. The van der Waals surface area contributed by atoms with E-state index in [1.165, 1.54) is 6.07 Å². The quantitative estimate of drug-likeness (QED) is 0.837. The molecule has 1 heterocycles. The zero-order chi connectivity index (χ0) is 14.7. The monoisotopic (exact) mass is 277 g/mol. The van der Waals surface area contributed by atoms with Gasteiger partial charge in [-0.2, -0.15) is 0 Å². The Labute approximate surface area is 120 Å². The average Bonchev–Trinajstić information content (AvgIpc) is 2.82. The molecular weight excluding hydrogens is 253 g/mol. The molecule has 0 aliphatic carbocycles. The SMILES string of the molecule is CC(C)CNCC(C)C(C)c1cc2cccc(F)c2o1. The Balaban J connectivity index is 2.06. The summed E-state index contributed by atoms with van der Waals surface area (Å²) in [5, 5.41) is 4.31. The molecule has 2 aromatic rings. The fraction of sp³-hybridized carbons (Fsp3) is 0.529. The standard InChI is InChI=1S/C17H24FNO/c1-11(2)9-19-10-12(3)13(4)16-8-14-6-5-7-15(18)17(14)20-16/h5-8,11-13,19H,9-10H2,1-4H3. The summed E-state index contributed by atoms with van der Waals surface area (Å²) in [6.45, 7) is 10.7. The van der Waals surface area contributed by atoms with Gasteiger partial charge in [0.2, 0.25) is 0 Å². The second-order valence-corrected chi connectivity index (χ2v) is 6.13. The lowest BCUT2D eigenvalue weighted by Crippen LogP contribution is -2.27. The second-order valence-electron chi connectivity index (χ2n) is 6.13. The van der Waals surface area contributed by atoms with E-state index in [2.05, 4.69) is 33.0 Å². The summed E-state index contributed by atoms with van der Waals surface area (Å²) in [7, 11) is 0. The van der Waals surface area contributed by atoms with E-state index in [0.29, 0.717) is 17.4 Å². The van der Waals surface area contributed by atoms with Gasteiger partial charge in [-0.15, -0.1) is 0 Å². The molecule has 2 atom stereocenters. The number of halogens is 1. The molecule has 0 aliphatic heterocycles. The molecular formula is C17H24FNO. The Morgan fingerprint density at radius 3 is 2.55 bits per heavy atom. The topological polar surface area (TPSA) is 25.2 Å². The van der Waals surface area contributed by atoms with Gasteiger partial charge in [-0.1, -0.05) is 39.8 Å². The van der Waals surface area contributed by atoms with Gasteiger partial charge in [-0.05, 0) is 37.1 Å². The highest BCUT2D eigenvalue weighted by atomic mass is 19.1. The Morgan fingerprint density at radius 1 is 1.15 bits per heavy atom. The lowest BCUT2D eigenvalue weighted by molar-refractivity contribution is 0.380. The lowest BCUT2D eigenvalue weighted by atomic mass is 9.93. The van der Waals surface area contributed by atoms with Gasteiger partial charge in [0.25, 0.3) is 0 Å². The van der Waals surface area contributed by atoms with E-state index in [0.717, 1.165) is 24.2 Å². The first-order chi connectivity index (χ1) is 9.49. The average molecular weight is 277 g/mol. The van der Waals surface area contributed by atoms with Gasteiger partial charge in [-0.25, -0.2) is 4.39 Å². The van der Waals surface area contributed by atoms with Gasteiger partial charge < -0.3 is 9.73 Å². The number of para-hydroxylation sites is 1. The first kappa shape index (κ1) is 15.0. The third-order valence-electron chi connectivity index (χ3n) is 3.84. The summed E-state index contributed by atoms with van der Waals surface area (Å²) in [5.74, 6) is 1.94. The molecule has 0 amide bonds. The lowest BCUT2D eigenvalue weighted by Gasteiger charge is -2.19. The van der Waals surface area contributed by atoms with Crippen molar-refractivity contribution < 1.29 is 8.81 Å². The molecule has 0 fully saturated rings. The minimum absolute atomic E-state index is 0.265. The van der Waals surface area contributed by atoms with Crippen LogP contribution in [0.3, 0.4) is 0 Å². The van der Waals surface area contributed by atoms with E-state index >= 15 is 0 Å². The summed E-state index contributed by atoms with van der Waals surface area (Å²) < 4.78 is 19.4. The van der Waals surface area contributed by atoms with Crippen molar-refractivity contribution in [1.29, 1.82) is 0 Å². The molecule has 0 saturated heterocycles. The Morgan fingerprint density at radius 2 is 1.90 bits per heavy atom. The molecule has 110 valence electrons. The van der Waals surface area contributed by atoms with Crippen molar-refractivity contribution in [1.82, 2.24) is 5.32 Å². The van der Waals surface area contributed by atoms with Crippen LogP contribution in [-0.4, -0.2) is 13.1 Å². The fourth-order valence-electron chi connectivity index (χ4n) is 2.33. The number of furan rings is 1. The summed E-state index contributed by atoms with van der Waals surface area (Å²) >= 11 is 0. The van der Waals surface area contributed by atoms with Crippen molar-refractivity contribution >= 4 is 11.0 Å². The van der Waals surface area contributed by atoms with Gasteiger partial charge in [0.15, 0.2) is 11.4 Å². The van der Waals surface area contributed by atoms with Crippen LogP contribution in [0.4, 0.5) is 4.39 Å². The number of hydrogen-bond donors (Lipinski definition) is 1. The van der Waals surface area contributed by atoms with E-state index in [4.69, 9.17) is 4.42 Å². The highest BCUT2D eigenvalue weighted by Gasteiger charge is 2.19. The van der Waals surface area contributed by atoms with Crippen LogP contribution in [0, 0.1) is 17.7 Å². The van der Waals surface area contributed by atoms with Crippen LogP contribution in [0.2, 0.25) is 0 Å². The van der Waals surface area contributed by atoms with Gasteiger partial charge in [0, 0.05) is 11.3 Å². The molecule has 0 saturated carbocycles. The molecule has 1 N–H and O–H groups in total. The number of hydrogen-bond acceptors (Lipinski definition) is 2. The van der Waals surface area contributed by atoms with Gasteiger partial charge >= 0.3 is 0 Å². The predicted molar refractivity (Wildman–Crippen MR) is 81.5 cm³/mol. The minimum atomic E-state index is -0.286. The van der Waals surface area contributed by atoms with Crippen molar-refractivity contribution in [2.75, 3.05) is 13.1 Å². The minimum Gasteiger partial charge on any atom is -0.458 e. The highest BCUT2D eigenvalue weighted by Crippen LogP contribution is 2.30. The Kier molecular flexibility index (Phi) is 4.81. The maximum atomic E-state index is 13.6. The maximum Gasteiger partial charge on any atom is 0.169 e. The zero-order valence-corrected chi connectivity index (χ0v) is 12.7.